The molecule has 25 heavy (non-hydrogen) atoms. The van der Waals surface area contributed by atoms with Crippen LogP contribution in [0.4, 0.5) is 11.8 Å². The van der Waals surface area contributed by atoms with E-state index < -0.39 is 0 Å². The molecule has 0 aromatic carbocycles. The van der Waals surface area contributed by atoms with Crippen LogP contribution in [-0.2, 0) is 14.3 Å². The number of anilines is 2. The summed E-state index contributed by atoms with van der Waals surface area (Å²) >= 11 is 0. The van der Waals surface area contributed by atoms with Gasteiger partial charge in [0.2, 0.25) is 11.9 Å². The maximum atomic E-state index is 12.7. The Bertz CT molecular complexity index is 602. The maximum Gasteiger partial charge on any atom is 0.245 e. The van der Waals surface area contributed by atoms with Crippen molar-refractivity contribution in [1.29, 1.82) is 0 Å². The summed E-state index contributed by atoms with van der Waals surface area (Å²) in [6, 6.07) is 1.95. The van der Waals surface area contributed by atoms with Gasteiger partial charge in [0.05, 0.1) is 13.2 Å². The molecule has 0 aliphatic carbocycles. The first-order valence-corrected chi connectivity index (χ1v) is 9.12. The Labute approximate surface area is 147 Å². The Morgan fingerprint density at radius 3 is 2.60 bits per heavy atom. The van der Waals surface area contributed by atoms with Crippen molar-refractivity contribution in [2.45, 2.75) is 31.3 Å². The van der Waals surface area contributed by atoms with Crippen molar-refractivity contribution >= 4 is 17.7 Å². The Hall–Kier alpha value is -1.93. The molecule has 3 fully saturated rings. The van der Waals surface area contributed by atoms with Gasteiger partial charge in [-0.2, -0.15) is 4.98 Å². The van der Waals surface area contributed by atoms with Gasteiger partial charge in [-0.05, 0) is 25.3 Å². The largest absolute Gasteiger partial charge is 0.381 e. The number of carbonyl (C=O) groups is 1. The van der Waals surface area contributed by atoms with Gasteiger partial charge in [0.1, 0.15) is 11.9 Å². The predicted octanol–water partition coefficient (Wildman–Crippen LogP) is 0.505. The molecule has 1 unspecified atom stereocenters. The van der Waals surface area contributed by atoms with Crippen LogP contribution in [0.2, 0.25) is 0 Å². The van der Waals surface area contributed by atoms with Gasteiger partial charge in [0.25, 0.3) is 0 Å². The van der Waals surface area contributed by atoms with Gasteiger partial charge in [-0.15, -0.1) is 0 Å². The molecule has 136 valence electrons. The summed E-state index contributed by atoms with van der Waals surface area (Å²) in [4.78, 5) is 25.8. The number of carbonyl (C=O) groups excluding carboxylic acids is 1. The second kappa shape index (κ2) is 7.53. The summed E-state index contributed by atoms with van der Waals surface area (Å²) in [5.41, 5.74) is 0. The van der Waals surface area contributed by atoms with Crippen molar-refractivity contribution in [3.8, 4) is 0 Å². The van der Waals surface area contributed by atoms with E-state index in [1.54, 1.807) is 6.20 Å². The SMILES string of the molecule is O=C1C(Nc2ccnc(N3CCOCC3)n2)CCN1C1CCOCC1. The van der Waals surface area contributed by atoms with E-state index in [1.165, 1.54) is 0 Å². The number of nitrogens with one attached hydrogen (secondary N) is 1. The fourth-order valence-corrected chi connectivity index (χ4v) is 3.72. The maximum absolute atomic E-state index is 12.7. The van der Waals surface area contributed by atoms with Crippen LogP contribution in [-0.4, -0.2) is 78.9 Å². The molecule has 1 aromatic rings. The molecule has 3 aliphatic heterocycles. The lowest BCUT2D eigenvalue weighted by Crippen LogP contribution is -2.43. The molecule has 1 amide bonds. The topological polar surface area (TPSA) is 79.8 Å². The minimum atomic E-state index is -0.199. The van der Waals surface area contributed by atoms with Gasteiger partial charge in [0, 0.05) is 45.1 Å². The fraction of sp³-hybridized carbons (Fsp3) is 0.706. The van der Waals surface area contributed by atoms with Crippen molar-refractivity contribution in [2.24, 2.45) is 0 Å². The molecule has 1 atom stereocenters. The molecule has 8 heteroatoms. The van der Waals surface area contributed by atoms with E-state index in [0.29, 0.717) is 31.0 Å². The van der Waals surface area contributed by atoms with Crippen LogP contribution in [0, 0.1) is 0 Å². The Morgan fingerprint density at radius 2 is 1.80 bits per heavy atom. The zero-order chi connectivity index (χ0) is 17.1. The van der Waals surface area contributed by atoms with Crippen molar-refractivity contribution in [3.63, 3.8) is 0 Å². The fourth-order valence-electron chi connectivity index (χ4n) is 3.72. The summed E-state index contributed by atoms with van der Waals surface area (Å²) < 4.78 is 10.8. The lowest BCUT2D eigenvalue weighted by molar-refractivity contribution is -0.131. The van der Waals surface area contributed by atoms with Crippen LogP contribution in [0.15, 0.2) is 12.3 Å². The molecular formula is C17H25N5O3. The van der Waals surface area contributed by atoms with E-state index in [-0.39, 0.29) is 11.9 Å². The lowest BCUT2D eigenvalue weighted by Gasteiger charge is -2.31. The molecule has 4 rings (SSSR count). The van der Waals surface area contributed by atoms with E-state index in [1.807, 2.05) is 11.0 Å². The molecule has 0 saturated carbocycles. The quantitative estimate of drug-likeness (QED) is 0.850. The molecule has 1 aromatic heterocycles. The monoisotopic (exact) mass is 347 g/mol. The first-order valence-electron chi connectivity index (χ1n) is 9.12. The normalized spacial score (nSPS) is 25.4. The molecule has 1 N–H and O–H groups in total. The summed E-state index contributed by atoms with van der Waals surface area (Å²) in [5, 5.41) is 3.31. The zero-order valence-electron chi connectivity index (χ0n) is 14.4. The molecule has 3 saturated heterocycles. The first-order chi connectivity index (χ1) is 12.3. The Morgan fingerprint density at radius 1 is 1.04 bits per heavy atom. The first kappa shape index (κ1) is 16.5. The summed E-state index contributed by atoms with van der Waals surface area (Å²) in [6.45, 7) is 5.29. The van der Waals surface area contributed by atoms with Crippen molar-refractivity contribution < 1.29 is 14.3 Å². The van der Waals surface area contributed by atoms with Crippen LogP contribution in [0.25, 0.3) is 0 Å². The van der Waals surface area contributed by atoms with Crippen LogP contribution in [0.1, 0.15) is 19.3 Å². The summed E-state index contributed by atoms with van der Waals surface area (Å²) in [7, 11) is 0. The van der Waals surface area contributed by atoms with E-state index >= 15 is 0 Å². The third-order valence-corrected chi connectivity index (χ3v) is 5.13. The molecule has 0 radical (unpaired) electrons. The number of hydrogen-bond donors (Lipinski definition) is 1. The number of ether oxygens (including phenoxy) is 2. The van der Waals surface area contributed by atoms with Gasteiger partial charge in [0.15, 0.2) is 0 Å². The summed E-state index contributed by atoms with van der Waals surface area (Å²) in [6.07, 6.45) is 4.43. The predicted molar refractivity (Wildman–Crippen MR) is 92.6 cm³/mol. The third-order valence-electron chi connectivity index (χ3n) is 5.13. The molecule has 0 spiro atoms. The number of amides is 1. The molecule has 8 nitrogen and oxygen atoms in total. The lowest BCUT2D eigenvalue weighted by atomic mass is 10.1. The number of hydrogen-bond acceptors (Lipinski definition) is 7. The van der Waals surface area contributed by atoms with Crippen molar-refractivity contribution in [3.05, 3.63) is 12.3 Å². The van der Waals surface area contributed by atoms with E-state index in [2.05, 4.69) is 20.2 Å². The van der Waals surface area contributed by atoms with E-state index in [9.17, 15) is 4.79 Å². The zero-order valence-corrected chi connectivity index (χ0v) is 14.4. The molecule has 4 heterocycles. The highest BCUT2D eigenvalue weighted by molar-refractivity contribution is 5.86. The average Bonchev–Trinajstić information content (AvgIpc) is 3.04. The number of morpholine rings is 1. The van der Waals surface area contributed by atoms with E-state index in [0.717, 1.165) is 52.1 Å². The van der Waals surface area contributed by atoms with Gasteiger partial charge in [-0.1, -0.05) is 0 Å². The number of rotatable bonds is 4. The second-order valence-electron chi connectivity index (χ2n) is 6.70. The molecule has 3 aliphatic rings. The third kappa shape index (κ3) is 3.69. The highest BCUT2D eigenvalue weighted by atomic mass is 16.5. The highest BCUT2D eigenvalue weighted by Crippen LogP contribution is 2.23. The average molecular weight is 347 g/mol. The van der Waals surface area contributed by atoms with E-state index in [4.69, 9.17) is 9.47 Å². The minimum absolute atomic E-state index is 0.179. The van der Waals surface area contributed by atoms with Gasteiger partial charge in [-0.3, -0.25) is 4.79 Å². The standard InChI is InChI=1S/C17H25N5O3/c23-16-14(2-6-22(16)13-3-9-24-10-4-13)19-15-1-5-18-17(20-15)21-7-11-25-12-8-21/h1,5,13-14H,2-4,6-12H2,(H,18,19,20). The smallest absolute Gasteiger partial charge is 0.245 e. The molecular weight excluding hydrogens is 322 g/mol. The minimum Gasteiger partial charge on any atom is -0.381 e. The van der Waals surface area contributed by atoms with Crippen LogP contribution < -0.4 is 10.2 Å². The molecule has 0 bridgehead atoms. The van der Waals surface area contributed by atoms with Gasteiger partial charge in [-0.25, -0.2) is 4.98 Å². The Balaban J connectivity index is 1.39. The van der Waals surface area contributed by atoms with Crippen LogP contribution >= 0.6 is 0 Å². The van der Waals surface area contributed by atoms with Gasteiger partial charge < -0.3 is 24.6 Å². The number of likely N-dealkylation sites (tertiary alicyclic amines) is 1. The van der Waals surface area contributed by atoms with Crippen molar-refractivity contribution in [2.75, 3.05) is 56.3 Å². The second-order valence-corrected chi connectivity index (χ2v) is 6.70. The van der Waals surface area contributed by atoms with Crippen LogP contribution in [0.3, 0.4) is 0 Å². The van der Waals surface area contributed by atoms with Crippen molar-refractivity contribution in [1.82, 2.24) is 14.9 Å². The summed E-state index contributed by atoms with van der Waals surface area (Å²) in [5.74, 6) is 1.59. The highest BCUT2D eigenvalue weighted by Gasteiger charge is 2.36. The number of aromatic nitrogens is 2. The number of nitrogens with zero attached hydrogens (tertiary/aromatic N) is 4. The Kier molecular flexibility index (Phi) is 4.98. The van der Waals surface area contributed by atoms with Gasteiger partial charge >= 0.3 is 0 Å². The van der Waals surface area contributed by atoms with Crippen LogP contribution in [0.5, 0.6) is 0 Å².